The van der Waals surface area contributed by atoms with Gasteiger partial charge in [-0.05, 0) is 19.9 Å². The molecule has 0 saturated heterocycles. The summed E-state index contributed by atoms with van der Waals surface area (Å²) in [4.78, 5) is 4.06. The molecule has 0 aromatic carbocycles. The van der Waals surface area contributed by atoms with E-state index in [4.69, 9.17) is 3.79 Å². The number of hydrogen-bond donors (Lipinski definition) is 0. The van der Waals surface area contributed by atoms with Crippen LogP contribution in [-0.4, -0.2) is 27.2 Å². The molecule has 0 rings (SSSR count). The SMILES string of the molecule is C[CH2][Al]([CH2]C)[O]/C(C)=C\C(C)=NC. The lowest BCUT2D eigenvalue weighted by atomic mass is 10.3. The smallest absolute Gasteiger partial charge is 0.546 e. The molecule has 0 N–H and O–H groups in total. The van der Waals surface area contributed by atoms with Crippen LogP contribution in [-0.2, 0) is 3.79 Å². The second kappa shape index (κ2) is 7.18. The van der Waals surface area contributed by atoms with Gasteiger partial charge in [0.1, 0.15) is 0 Å². The van der Waals surface area contributed by atoms with Crippen molar-refractivity contribution in [1.29, 1.82) is 0 Å². The van der Waals surface area contributed by atoms with Crippen molar-refractivity contribution < 1.29 is 3.79 Å². The fourth-order valence-corrected chi connectivity index (χ4v) is 2.62. The van der Waals surface area contributed by atoms with E-state index in [1.54, 1.807) is 7.05 Å². The summed E-state index contributed by atoms with van der Waals surface area (Å²) >= 11 is -0.943. The van der Waals surface area contributed by atoms with Crippen LogP contribution in [0.3, 0.4) is 0 Å². The molecule has 0 heterocycles. The van der Waals surface area contributed by atoms with E-state index in [2.05, 4.69) is 18.8 Å². The topological polar surface area (TPSA) is 21.6 Å². The van der Waals surface area contributed by atoms with Crippen LogP contribution in [0.2, 0.25) is 10.6 Å². The molecule has 0 spiro atoms. The summed E-state index contributed by atoms with van der Waals surface area (Å²) in [6.07, 6.45) is 2.01. The number of rotatable bonds is 5. The fraction of sp³-hybridized carbons (Fsp3) is 0.700. The van der Waals surface area contributed by atoms with Gasteiger partial charge in [-0.15, -0.1) is 0 Å². The van der Waals surface area contributed by atoms with Gasteiger partial charge in [0.15, 0.2) is 0 Å². The minimum Gasteiger partial charge on any atom is -0.646 e. The maximum absolute atomic E-state index is 5.84. The van der Waals surface area contributed by atoms with Crippen LogP contribution in [0.4, 0.5) is 0 Å². The lowest BCUT2D eigenvalue weighted by Crippen LogP contribution is -2.14. The number of nitrogens with zero attached hydrogens (tertiary/aromatic N) is 1. The molecule has 0 unspecified atom stereocenters. The second-order valence-corrected chi connectivity index (χ2v) is 6.29. The van der Waals surface area contributed by atoms with Crippen molar-refractivity contribution in [3.05, 3.63) is 11.8 Å². The van der Waals surface area contributed by atoms with Crippen LogP contribution in [0, 0.1) is 0 Å². The lowest BCUT2D eigenvalue weighted by molar-refractivity contribution is 0.434. The van der Waals surface area contributed by atoms with Gasteiger partial charge in [0.05, 0.1) is 5.76 Å². The molecule has 3 heteroatoms. The summed E-state index contributed by atoms with van der Waals surface area (Å²) in [6, 6.07) is 0. The molecule has 0 saturated carbocycles. The third kappa shape index (κ3) is 5.90. The van der Waals surface area contributed by atoms with Crippen molar-refractivity contribution in [2.45, 2.75) is 38.3 Å². The van der Waals surface area contributed by atoms with Crippen LogP contribution in [0.25, 0.3) is 0 Å². The predicted molar refractivity (Wildman–Crippen MR) is 60.6 cm³/mol. The van der Waals surface area contributed by atoms with Gasteiger partial charge in [0.2, 0.25) is 0 Å². The third-order valence-electron chi connectivity index (χ3n) is 2.03. The highest BCUT2D eigenvalue weighted by molar-refractivity contribution is 6.51. The van der Waals surface area contributed by atoms with Crippen LogP contribution in [0.1, 0.15) is 27.7 Å². The van der Waals surface area contributed by atoms with Gasteiger partial charge in [-0.3, -0.25) is 4.99 Å². The highest BCUT2D eigenvalue weighted by atomic mass is 27.2. The standard InChI is InChI=1S/C6H11NO.2C2H5.Al/c1-5(7-3)4-6(2)8;2*1-2;/h4,8H,1-3H3;2*1H2,2H3;/q;;;+1/p-1/b6-4-,7-5?;;;. The summed E-state index contributed by atoms with van der Waals surface area (Å²) in [5.41, 5.74) is 1.03. The summed E-state index contributed by atoms with van der Waals surface area (Å²) in [5.74, 6) is 1.02. The van der Waals surface area contributed by atoms with Crippen LogP contribution in [0.5, 0.6) is 0 Å². The van der Waals surface area contributed by atoms with Gasteiger partial charge >= 0.3 is 14.5 Å². The van der Waals surface area contributed by atoms with E-state index in [0.29, 0.717) is 0 Å². The lowest BCUT2D eigenvalue weighted by Gasteiger charge is -2.12. The number of hydrogen-bond acceptors (Lipinski definition) is 2. The van der Waals surface area contributed by atoms with Crippen LogP contribution in [0.15, 0.2) is 16.8 Å². The molecular formula is C10H20AlNO. The highest BCUT2D eigenvalue weighted by Gasteiger charge is 2.17. The van der Waals surface area contributed by atoms with Gasteiger partial charge in [0.25, 0.3) is 0 Å². The Bertz CT molecular complexity index is 195. The Hall–Kier alpha value is -0.258. The van der Waals surface area contributed by atoms with Crippen molar-refractivity contribution in [2.24, 2.45) is 4.99 Å². The average molecular weight is 197 g/mol. The molecular weight excluding hydrogens is 177 g/mol. The molecule has 0 aromatic heterocycles. The van der Waals surface area contributed by atoms with E-state index in [1.807, 2.05) is 19.9 Å². The Labute approximate surface area is 86.4 Å². The van der Waals surface area contributed by atoms with E-state index in [-0.39, 0.29) is 0 Å². The molecule has 0 aromatic rings. The van der Waals surface area contributed by atoms with E-state index in [1.165, 1.54) is 10.6 Å². The molecule has 2 nitrogen and oxygen atoms in total. The Morgan fingerprint density at radius 2 is 1.85 bits per heavy atom. The van der Waals surface area contributed by atoms with Gasteiger partial charge in [0, 0.05) is 12.8 Å². The molecule has 0 amide bonds. The van der Waals surface area contributed by atoms with E-state index >= 15 is 0 Å². The molecule has 0 aliphatic heterocycles. The molecule has 74 valence electrons. The maximum Gasteiger partial charge on any atom is 0.546 e. The minimum atomic E-state index is -0.943. The van der Waals surface area contributed by atoms with Crippen molar-refractivity contribution in [3.63, 3.8) is 0 Å². The summed E-state index contributed by atoms with van der Waals surface area (Å²) in [5, 5.41) is 2.40. The summed E-state index contributed by atoms with van der Waals surface area (Å²) in [6.45, 7) is 8.41. The first-order valence-corrected chi connectivity index (χ1v) is 7.02. The molecule has 0 bridgehead atoms. The Kier molecular flexibility index (Phi) is 7.03. The van der Waals surface area contributed by atoms with E-state index in [0.717, 1.165) is 11.5 Å². The first kappa shape index (κ1) is 12.7. The monoisotopic (exact) mass is 197 g/mol. The second-order valence-electron chi connectivity index (χ2n) is 3.18. The molecule has 0 fully saturated rings. The zero-order valence-corrected chi connectivity index (χ0v) is 10.6. The first-order chi connectivity index (χ1) is 6.13. The Morgan fingerprint density at radius 1 is 1.31 bits per heavy atom. The van der Waals surface area contributed by atoms with Crippen LogP contribution >= 0.6 is 0 Å². The first-order valence-electron chi connectivity index (χ1n) is 4.92. The number of allylic oxidation sites excluding steroid dienone is 2. The maximum atomic E-state index is 5.84. The Morgan fingerprint density at radius 3 is 2.23 bits per heavy atom. The van der Waals surface area contributed by atoms with Crippen molar-refractivity contribution in [2.75, 3.05) is 7.05 Å². The van der Waals surface area contributed by atoms with E-state index in [9.17, 15) is 0 Å². The largest absolute Gasteiger partial charge is 0.646 e. The molecule has 0 aliphatic rings. The average Bonchev–Trinajstić information content (AvgIpc) is 2.13. The zero-order valence-electron chi connectivity index (χ0n) is 9.42. The molecule has 0 aliphatic carbocycles. The predicted octanol–water partition coefficient (Wildman–Crippen LogP) is 3.03. The summed E-state index contributed by atoms with van der Waals surface area (Å²) < 4.78 is 5.84. The minimum absolute atomic E-state index is 0.943. The third-order valence-corrected chi connectivity index (χ3v) is 4.55. The van der Waals surface area contributed by atoms with Crippen molar-refractivity contribution in [3.8, 4) is 0 Å². The van der Waals surface area contributed by atoms with Gasteiger partial charge in [-0.1, -0.05) is 24.4 Å². The molecule has 0 atom stereocenters. The van der Waals surface area contributed by atoms with E-state index < -0.39 is 14.5 Å². The fourth-order valence-electron chi connectivity index (χ4n) is 1.11. The van der Waals surface area contributed by atoms with Crippen molar-refractivity contribution in [1.82, 2.24) is 0 Å². The zero-order chi connectivity index (χ0) is 10.3. The van der Waals surface area contributed by atoms with Crippen molar-refractivity contribution >= 4 is 20.2 Å². The van der Waals surface area contributed by atoms with Gasteiger partial charge in [-0.25, -0.2) is 0 Å². The van der Waals surface area contributed by atoms with Gasteiger partial charge < -0.3 is 3.79 Å². The normalized spacial score (nSPS) is 13.0. The number of aliphatic imine (C=N–C) groups is 1. The summed E-state index contributed by atoms with van der Waals surface area (Å²) in [7, 11) is 1.80. The Balaban J connectivity index is 4.12. The van der Waals surface area contributed by atoms with Crippen LogP contribution < -0.4 is 0 Å². The van der Waals surface area contributed by atoms with Gasteiger partial charge in [-0.2, -0.15) is 0 Å². The highest BCUT2D eigenvalue weighted by Crippen LogP contribution is 2.06. The molecule has 13 heavy (non-hydrogen) atoms. The molecule has 0 radical (unpaired) electrons. The quantitative estimate of drug-likeness (QED) is 0.377.